The van der Waals surface area contributed by atoms with Crippen LogP contribution in [0.4, 0.5) is 0 Å². The third-order valence-electron chi connectivity index (χ3n) is 3.43. The van der Waals surface area contributed by atoms with Crippen molar-refractivity contribution in [3.8, 4) is 0 Å². The molecule has 1 fully saturated rings. The highest BCUT2D eigenvalue weighted by Crippen LogP contribution is 2.26. The van der Waals surface area contributed by atoms with Crippen LogP contribution in [0.5, 0.6) is 0 Å². The molecule has 0 radical (unpaired) electrons. The molecule has 0 bridgehead atoms. The summed E-state index contributed by atoms with van der Waals surface area (Å²) in [5.41, 5.74) is 0. The van der Waals surface area contributed by atoms with Crippen molar-refractivity contribution in [3.05, 3.63) is 24.3 Å². The molecule has 1 N–H and O–H groups in total. The SMILES string of the molecule is CC1CCC(NS(=O)(=O)c2ccc(S(=O)(=O)Cl)cc2)C1. The van der Waals surface area contributed by atoms with Crippen molar-refractivity contribution in [1.29, 1.82) is 0 Å². The van der Waals surface area contributed by atoms with Crippen LogP contribution in [-0.2, 0) is 19.1 Å². The van der Waals surface area contributed by atoms with E-state index in [-0.39, 0.29) is 15.8 Å². The standard InChI is InChI=1S/C12H16ClNO4S2/c1-9-2-3-10(8-9)14-20(17,18)12-6-4-11(5-7-12)19(13,15)16/h4-7,9-10,14H,2-3,8H2,1H3. The zero-order chi connectivity index (χ0) is 15.0. The molecule has 1 aromatic carbocycles. The quantitative estimate of drug-likeness (QED) is 0.853. The van der Waals surface area contributed by atoms with Crippen molar-refractivity contribution in [1.82, 2.24) is 4.72 Å². The molecule has 1 aliphatic rings. The van der Waals surface area contributed by atoms with Crippen LogP contribution in [0.25, 0.3) is 0 Å². The van der Waals surface area contributed by atoms with Crippen LogP contribution in [0.2, 0.25) is 0 Å². The van der Waals surface area contributed by atoms with Gasteiger partial charge >= 0.3 is 0 Å². The summed E-state index contributed by atoms with van der Waals surface area (Å²) < 4.78 is 49.2. The lowest BCUT2D eigenvalue weighted by Crippen LogP contribution is -2.32. The molecule has 8 heteroatoms. The second kappa shape index (κ2) is 5.63. The minimum absolute atomic E-state index is 0.0427. The molecule has 0 heterocycles. The highest BCUT2D eigenvalue weighted by Gasteiger charge is 2.26. The fourth-order valence-corrected chi connectivity index (χ4v) is 4.44. The topological polar surface area (TPSA) is 80.3 Å². The number of sulfonamides is 1. The summed E-state index contributed by atoms with van der Waals surface area (Å²) in [6.07, 6.45) is 2.67. The van der Waals surface area contributed by atoms with Gasteiger partial charge in [0, 0.05) is 16.7 Å². The van der Waals surface area contributed by atoms with Gasteiger partial charge in [-0.2, -0.15) is 0 Å². The molecule has 1 aliphatic carbocycles. The molecular weight excluding hydrogens is 322 g/mol. The molecule has 20 heavy (non-hydrogen) atoms. The van der Waals surface area contributed by atoms with E-state index >= 15 is 0 Å². The lowest BCUT2D eigenvalue weighted by molar-refractivity contribution is 0.538. The Morgan fingerprint density at radius 1 is 1.05 bits per heavy atom. The molecule has 1 saturated carbocycles. The number of halogens is 1. The summed E-state index contributed by atoms with van der Waals surface area (Å²) >= 11 is 0. The smallest absolute Gasteiger partial charge is 0.208 e. The molecule has 0 amide bonds. The zero-order valence-corrected chi connectivity index (χ0v) is 13.3. The minimum atomic E-state index is -3.84. The summed E-state index contributed by atoms with van der Waals surface area (Å²) in [6.45, 7) is 2.09. The highest BCUT2D eigenvalue weighted by molar-refractivity contribution is 8.13. The Balaban J connectivity index is 2.18. The first-order chi connectivity index (χ1) is 9.18. The van der Waals surface area contributed by atoms with Gasteiger partial charge in [0.05, 0.1) is 9.79 Å². The van der Waals surface area contributed by atoms with Crippen LogP contribution in [0.15, 0.2) is 34.1 Å². The lowest BCUT2D eigenvalue weighted by Gasteiger charge is -2.13. The van der Waals surface area contributed by atoms with E-state index in [9.17, 15) is 16.8 Å². The van der Waals surface area contributed by atoms with Gasteiger partial charge in [-0.05, 0) is 49.4 Å². The first-order valence-electron chi connectivity index (χ1n) is 6.25. The van der Waals surface area contributed by atoms with Crippen molar-refractivity contribution in [2.75, 3.05) is 0 Å². The molecule has 0 aliphatic heterocycles. The normalized spacial score (nSPS) is 23.9. The molecule has 112 valence electrons. The molecule has 0 aromatic heterocycles. The first kappa shape index (κ1) is 15.8. The Bertz CT molecular complexity index is 683. The largest absolute Gasteiger partial charge is 0.261 e. The number of benzene rings is 1. The monoisotopic (exact) mass is 337 g/mol. The van der Waals surface area contributed by atoms with Crippen LogP contribution in [0.3, 0.4) is 0 Å². The lowest BCUT2D eigenvalue weighted by atomic mass is 10.1. The summed E-state index contributed by atoms with van der Waals surface area (Å²) in [4.78, 5) is -0.0753. The van der Waals surface area contributed by atoms with Gasteiger partial charge in [0.15, 0.2) is 0 Å². The van der Waals surface area contributed by atoms with Gasteiger partial charge in [0.2, 0.25) is 10.0 Å². The van der Waals surface area contributed by atoms with Crippen LogP contribution in [0, 0.1) is 5.92 Å². The molecule has 0 spiro atoms. The molecular formula is C12H16ClNO4S2. The fourth-order valence-electron chi connectivity index (χ4n) is 2.38. The third kappa shape index (κ3) is 3.72. The highest BCUT2D eigenvalue weighted by atomic mass is 35.7. The zero-order valence-electron chi connectivity index (χ0n) is 10.9. The summed E-state index contributed by atoms with van der Waals surface area (Å²) in [7, 11) is -2.27. The molecule has 2 atom stereocenters. The number of hydrogen-bond donors (Lipinski definition) is 1. The second-order valence-electron chi connectivity index (χ2n) is 5.15. The van der Waals surface area contributed by atoms with E-state index in [1.165, 1.54) is 24.3 Å². The Kier molecular flexibility index (Phi) is 4.44. The maximum Gasteiger partial charge on any atom is 0.261 e. The van der Waals surface area contributed by atoms with Gasteiger partial charge in [-0.25, -0.2) is 21.6 Å². The predicted molar refractivity (Wildman–Crippen MR) is 76.6 cm³/mol. The van der Waals surface area contributed by atoms with Gasteiger partial charge in [-0.15, -0.1) is 0 Å². The maximum atomic E-state index is 12.2. The Labute approximate surface area is 123 Å². The van der Waals surface area contributed by atoms with E-state index in [2.05, 4.69) is 11.6 Å². The Morgan fingerprint density at radius 2 is 1.60 bits per heavy atom. The van der Waals surface area contributed by atoms with Crippen molar-refractivity contribution >= 4 is 29.8 Å². The van der Waals surface area contributed by atoms with Gasteiger partial charge in [0.1, 0.15) is 0 Å². The van der Waals surface area contributed by atoms with Crippen LogP contribution >= 0.6 is 10.7 Å². The molecule has 5 nitrogen and oxygen atoms in total. The number of rotatable bonds is 4. The van der Waals surface area contributed by atoms with Crippen LogP contribution in [0.1, 0.15) is 26.2 Å². The van der Waals surface area contributed by atoms with Crippen molar-refractivity contribution in [2.45, 2.75) is 42.0 Å². The van der Waals surface area contributed by atoms with Crippen molar-refractivity contribution in [3.63, 3.8) is 0 Å². The molecule has 0 saturated heterocycles. The summed E-state index contributed by atoms with van der Waals surface area (Å²) in [6, 6.07) is 4.82. The van der Waals surface area contributed by atoms with Crippen LogP contribution < -0.4 is 4.72 Å². The van der Waals surface area contributed by atoms with Gasteiger partial charge in [-0.1, -0.05) is 6.92 Å². The van der Waals surface area contributed by atoms with Gasteiger partial charge in [-0.3, -0.25) is 0 Å². The fraction of sp³-hybridized carbons (Fsp3) is 0.500. The summed E-state index contributed by atoms with van der Waals surface area (Å²) in [5.74, 6) is 0.520. The summed E-state index contributed by atoms with van der Waals surface area (Å²) in [5, 5.41) is 0. The average molecular weight is 338 g/mol. The Hall–Kier alpha value is -0.630. The minimum Gasteiger partial charge on any atom is -0.208 e. The molecule has 2 rings (SSSR count). The average Bonchev–Trinajstić information content (AvgIpc) is 2.73. The van der Waals surface area contributed by atoms with E-state index in [1.807, 2.05) is 0 Å². The molecule has 1 aromatic rings. The van der Waals surface area contributed by atoms with E-state index in [4.69, 9.17) is 10.7 Å². The van der Waals surface area contributed by atoms with Crippen molar-refractivity contribution in [2.24, 2.45) is 5.92 Å². The van der Waals surface area contributed by atoms with Crippen LogP contribution in [-0.4, -0.2) is 22.9 Å². The second-order valence-corrected chi connectivity index (χ2v) is 9.43. The van der Waals surface area contributed by atoms with Crippen molar-refractivity contribution < 1.29 is 16.8 Å². The number of hydrogen-bond acceptors (Lipinski definition) is 4. The number of nitrogens with one attached hydrogen (secondary N) is 1. The van der Waals surface area contributed by atoms with E-state index in [0.717, 1.165) is 19.3 Å². The van der Waals surface area contributed by atoms with Gasteiger partial charge < -0.3 is 0 Å². The Morgan fingerprint density at radius 3 is 2.05 bits per heavy atom. The van der Waals surface area contributed by atoms with E-state index in [0.29, 0.717) is 5.92 Å². The van der Waals surface area contributed by atoms with Gasteiger partial charge in [0.25, 0.3) is 9.05 Å². The first-order valence-corrected chi connectivity index (χ1v) is 10.0. The van der Waals surface area contributed by atoms with E-state index < -0.39 is 19.1 Å². The predicted octanol–water partition coefficient (Wildman–Crippen LogP) is 2.08. The molecule has 2 unspecified atom stereocenters. The third-order valence-corrected chi connectivity index (χ3v) is 6.34. The maximum absolute atomic E-state index is 12.2. The van der Waals surface area contributed by atoms with E-state index in [1.54, 1.807) is 0 Å².